The second-order valence-electron chi connectivity index (χ2n) is 5.20. The van der Waals surface area contributed by atoms with E-state index < -0.39 is 0 Å². The highest BCUT2D eigenvalue weighted by Gasteiger charge is 2.28. The van der Waals surface area contributed by atoms with Crippen molar-refractivity contribution < 1.29 is 0 Å². The lowest BCUT2D eigenvalue weighted by molar-refractivity contribution is 0.373. The van der Waals surface area contributed by atoms with E-state index >= 15 is 0 Å². The van der Waals surface area contributed by atoms with Crippen molar-refractivity contribution in [3.05, 3.63) is 0 Å². The topological polar surface area (TPSA) is 35.8 Å². The molecule has 0 spiro atoms. The lowest BCUT2D eigenvalue weighted by Crippen LogP contribution is -2.42. The fourth-order valence-electron chi connectivity index (χ4n) is 1.45. The molecule has 0 aromatic heterocycles. The third-order valence-corrected chi connectivity index (χ3v) is 2.95. The maximum absolute atomic E-state index is 9.12. The summed E-state index contributed by atoms with van der Waals surface area (Å²) in [6.45, 7) is 7.47. The Hall–Kier alpha value is -0.550. The van der Waals surface area contributed by atoms with Gasteiger partial charge in [0.05, 0.1) is 6.07 Å². The molecule has 0 aliphatic heterocycles. The Morgan fingerprint density at radius 1 is 1.50 bits per heavy atom. The number of nitriles is 1. The molecule has 0 saturated heterocycles. The van der Waals surface area contributed by atoms with E-state index in [9.17, 15) is 0 Å². The van der Waals surface area contributed by atoms with Gasteiger partial charge in [0, 0.05) is 0 Å². The van der Waals surface area contributed by atoms with E-state index in [2.05, 4.69) is 25.2 Å². The molecule has 1 aliphatic rings. The van der Waals surface area contributed by atoms with Crippen LogP contribution in [0.15, 0.2) is 0 Å². The first-order valence-corrected chi connectivity index (χ1v) is 5.72. The van der Waals surface area contributed by atoms with Crippen molar-refractivity contribution in [2.24, 2.45) is 11.8 Å². The summed E-state index contributed by atoms with van der Waals surface area (Å²) in [6.07, 6.45) is 4.78. The Morgan fingerprint density at radius 3 is 2.57 bits per heavy atom. The van der Waals surface area contributed by atoms with E-state index in [0.29, 0.717) is 5.92 Å². The van der Waals surface area contributed by atoms with Crippen LogP contribution in [0.4, 0.5) is 0 Å². The molecule has 0 amide bonds. The van der Waals surface area contributed by atoms with Gasteiger partial charge in [-0.1, -0.05) is 13.8 Å². The molecule has 0 aromatic carbocycles. The number of nitrogens with zero attached hydrogens (tertiary/aromatic N) is 1. The first kappa shape index (κ1) is 11.5. The van der Waals surface area contributed by atoms with Gasteiger partial charge in [0.25, 0.3) is 0 Å². The zero-order valence-electron chi connectivity index (χ0n) is 9.64. The van der Waals surface area contributed by atoms with Crippen LogP contribution in [-0.2, 0) is 0 Å². The summed E-state index contributed by atoms with van der Waals surface area (Å²) in [5.41, 5.74) is -0.299. The third kappa shape index (κ3) is 4.11. The van der Waals surface area contributed by atoms with Crippen LogP contribution in [0.2, 0.25) is 0 Å². The molecule has 1 aliphatic carbocycles. The molecular weight excluding hydrogens is 172 g/mol. The predicted octanol–water partition coefficient (Wildman–Crippen LogP) is 2.70. The highest BCUT2D eigenvalue weighted by molar-refractivity contribution is 5.04. The molecule has 2 heteroatoms. The number of hydrogen-bond acceptors (Lipinski definition) is 2. The number of nitrogens with one attached hydrogen (secondary N) is 1. The smallest absolute Gasteiger partial charge is 0.103 e. The van der Waals surface area contributed by atoms with Crippen molar-refractivity contribution in [2.45, 2.75) is 52.0 Å². The first-order chi connectivity index (χ1) is 6.56. The van der Waals surface area contributed by atoms with Crippen molar-refractivity contribution in [3.63, 3.8) is 0 Å². The van der Waals surface area contributed by atoms with Crippen LogP contribution in [0, 0.1) is 23.2 Å². The van der Waals surface area contributed by atoms with Crippen molar-refractivity contribution in [1.29, 1.82) is 5.26 Å². The lowest BCUT2D eigenvalue weighted by atomic mass is 9.93. The molecule has 1 rings (SSSR count). The summed E-state index contributed by atoms with van der Waals surface area (Å²) < 4.78 is 0. The highest BCUT2D eigenvalue weighted by Crippen LogP contribution is 2.28. The van der Waals surface area contributed by atoms with Crippen LogP contribution in [0.5, 0.6) is 0 Å². The second-order valence-corrected chi connectivity index (χ2v) is 5.20. The van der Waals surface area contributed by atoms with Gasteiger partial charge in [0.1, 0.15) is 5.54 Å². The fraction of sp³-hybridized carbons (Fsp3) is 0.917. The van der Waals surface area contributed by atoms with Gasteiger partial charge in [-0.15, -0.1) is 0 Å². The summed E-state index contributed by atoms with van der Waals surface area (Å²) >= 11 is 0. The van der Waals surface area contributed by atoms with Gasteiger partial charge in [0.2, 0.25) is 0 Å². The van der Waals surface area contributed by atoms with Gasteiger partial charge < -0.3 is 0 Å². The lowest BCUT2D eigenvalue weighted by Gasteiger charge is -2.24. The molecular formula is C12H22N2. The van der Waals surface area contributed by atoms with Crippen molar-refractivity contribution >= 4 is 0 Å². The van der Waals surface area contributed by atoms with Crippen molar-refractivity contribution in [3.8, 4) is 6.07 Å². The largest absolute Gasteiger partial charge is 0.299 e. The van der Waals surface area contributed by atoms with E-state index in [0.717, 1.165) is 25.3 Å². The minimum atomic E-state index is -0.299. The number of rotatable bonds is 6. The summed E-state index contributed by atoms with van der Waals surface area (Å²) in [4.78, 5) is 0. The summed E-state index contributed by atoms with van der Waals surface area (Å²) in [5, 5.41) is 12.5. The molecule has 14 heavy (non-hydrogen) atoms. The second kappa shape index (κ2) is 4.79. The van der Waals surface area contributed by atoms with Gasteiger partial charge in [-0.3, -0.25) is 5.32 Å². The molecule has 0 aromatic rings. The zero-order valence-corrected chi connectivity index (χ0v) is 9.64. The standard InChI is InChI=1S/C12H22N2/c1-10(2)6-7-12(3,9-13)14-8-11-4-5-11/h10-11,14H,4-8H2,1-3H3. The maximum atomic E-state index is 9.12. The molecule has 1 fully saturated rings. The molecule has 1 atom stereocenters. The van der Waals surface area contributed by atoms with Crippen LogP contribution in [0.3, 0.4) is 0 Å². The van der Waals surface area contributed by atoms with Crippen LogP contribution < -0.4 is 5.32 Å². The van der Waals surface area contributed by atoms with Gasteiger partial charge in [-0.05, 0) is 51.0 Å². The Labute approximate surface area is 87.7 Å². The number of hydrogen-bond donors (Lipinski definition) is 1. The van der Waals surface area contributed by atoms with E-state index in [1.54, 1.807) is 0 Å². The van der Waals surface area contributed by atoms with Crippen LogP contribution in [0.25, 0.3) is 0 Å². The van der Waals surface area contributed by atoms with Gasteiger partial charge >= 0.3 is 0 Å². The summed E-state index contributed by atoms with van der Waals surface area (Å²) in [5.74, 6) is 1.53. The van der Waals surface area contributed by atoms with Gasteiger partial charge in [0.15, 0.2) is 0 Å². The summed E-state index contributed by atoms with van der Waals surface area (Å²) in [7, 11) is 0. The zero-order chi connectivity index (χ0) is 10.6. The Kier molecular flexibility index (Phi) is 3.95. The van der Waals surface area contributed by atoms with Crippen LogP contribution >= 0.6 is 0 Å². The molecule has 0 radical (unpaired) electrons. The minimum absolute atomic E-state index is 0.299. The van der Waals surface area contributed by atoms with Crippen molar-refractivity contribution in [2.75, 3.05) is 6.54 Å². The van der Waals surface area contributed by atoms with Crippen molar-refractivity contribution in [1.82, 2.24) is 5.32 Å². The van der Waals surface area contributed by atoms with E-state index in [-0.39, 0.29) is 5.54 Å². The molecule has 1 unspecified atom stereocenters. The Bertz CT molecular complexity index is 205. The summed E-state index contributed by atoms with van der Waals surface area (Å²) in [6, 6.07) is 2.41. The minimum Gasteiger partial charge on any atom is -0.299 e. The van der Waals surface area contributed by atoms with Gasteiger partial charge in [-0.2, -0.15) is 5.26 Å². The molecule has 80 valence electrons. The third-order valence-electron chi connectivity index (χ3n) is 2.95. The van der Waals surface area contributed by atoms with Gasteiger partial charge in [-0.25, -0.2) is 0 Å². The molecule has 0 bridgehead atoms. The average molecular weight is 194 g/mol. The fourth-order valence-corrected chi connectivity index (χ4v) is 1.45. The predicted molar refractivity (Wildman–Crippen MR) is 58.8 cm³/mol. The monoisotopic (exact) mass is 194 g/mol. The van der Waals surface area contributed by atoms with E-state index in [1.807, 2.05) is 6.92 Å². The quantitative estimate of drug-likeness (QED) is 0.705. The maximum Gasteiger partial charge on any atom is 0.103 e. The SMILES string of the molecule is CC(C)CCC(C)(C#N)NCC1CC1. The first-order valence-electron chi connectivity index (χ1n) is 5.72. The van der Waals surface area contributed by atoms with Crippen LogP contribution in [-0.4, -0.2) is 12.1 Å². The molecule has 0 heterocycles. The molecule has 2 nitrogen and oxygen atoms in total. The molecule has 1 N–H and O–H groups in total. The molecule has 1 saturated carbocycles. The van der Waals surface area contributed by atoms with E-state index in [1.165, 1.54) is 12.8 Å². The van der Waals surface area contributed by atoms with Crippen LogP contribution in [0.1, 0.15) is 46.5 Å². The van der Waals surface area contributed by atoms with E-state index in [4.69, 9.17) is 5.26 Å². The Balaban J connectivity index is 2.27. The average Bonchev–Trinajstić information content (AvgIpc) is 2.95. The normalized spacial score (nSPS) is 20.5. The Morgan fingerprint density at radius 2 is 2.14 bits per heavy atom. The highest BCUT2D eigenvalue weighted by atomic mass is 15.0.